The highest BCUT2D eigenvalue weighted by molar-refractivity contribution is 6.03. The molecule has 0 aliphatic rings. The van der Waals surface area contributed by atoms with Gasteiger partial charge in [-0.1, -0.05) is 12.1 Å². The Morgan fingerprint density at radius 1 is 1.37 bits per heavy atom. The highest BCUT2D eigenvalue weighted by Crippen LogP contribution is 2.23. The number of fused-ring (bicyclic) bond motifs is 1. The number of carboxylic acids is 1. The first kappa shape index (κ1) is 13.6. The quantitative estimate of drug-likeness (QED) is 0.889. The first-order valence-corrected chi connectivity index (χ1v) is 6.31. The number of rotatable bonds is 4. The minimum absolute atomic E-state index is 0.325. The largest absolute Gasteiger partial charge is 0.478 e. The number of hydrogen-bond donors (Lipinski definition) is 2. The molecule has 2 rings (SSSR count). The Hall–Kier alpha value is -1.81. The average Bonchev–Trinajstić information content (AvgIpc) is 2.63. The van der Waals surface area contributed by atoms with Gasteiger partial charge in [-0.25, -0.2) is 4.79 Å². The molecular formula is C15H19NO3. The molecule has 0 aliphatic heterocycles. The molecule has 4 heteroatoms. The second kappa shape index (κ2) is 4.70. The molecule has 0 fully saturated rings. The lowest BCUT2D eigenvalue weighted by atomic mass is 9.98. The van der Waals surface area contributed by atoms with Gasteiger partial charge in [0, 0.05) is 24.1 Å². The highest BCUT2D eigenvalue weighted by atomic mass is 16.4. The van der Waals surface area contributed by atoms with Crippen LogP contribution >= 0.6 is 0 Å². The van der Waals surface area contributed by atoms with Crippen LogP contribution in [0.25, 0.3) is 10.9 Å². The second-order valence-electron chi connectivity index (χ2n) is 5.62. The molecule has 2 N–H and O–H groups in total. The van der Waals surface area contributed by atoms with Gasteiger partial charge in [-0.2, -0.15) is 0 Å². The van der Waals surface area contributed by atoms with Crippen LogP contribution in [0.3, 0.4) is 0 Å². The number of hydrogen-bond acceptors (Lipinski definition) is 2. The zero-order chi connectivity index (χ0) is 14.2. The molecule has 102 valence electrons. The first-order chi connectivity index (χ1) is 8.78. The average molecular weight is 261 g/mol. The van der Waals surface area contributed by atoms with E-state index in [0.29, 0.717) is 12.0 Å². The fourth-order valence-electron chi connectivity index (χ4n) is 2.21. The van der Waals surface area contributed by atoms with Crippen LogP contribution in [-0.4, -0.2) is 26.4 Å². The fourth-order valence-corrected chi connectivity index (χ4v) is 2.21. The predicted molar refractivity (Wildman–Crippen MR) is 74.5 cm³/mol. The number of aromatic carboxylic acids is 1. The lowest BCUT2D eigenvalue weighted by molar-refractivity contribution is 0.0695. The molecule has 0 amide bonds. The molecule has 0 unspecified atom stereocenters. The van der Waals surface area contributed by atoms with Crippen molar-refractivity contribution in [1.29, 1.82) is 0 Å². The number of aliphatic hydroxyl groups is 1. The maximum Gasteiger partial charge on any atom is 0.337 e. The van der Waals surface area contributed by atoms with E-state index in [4.69, 9.17) is 5.11 Å². The summed E-state index contributed by atoms with van der Waals surface area (Å²) in [6.07, 6.45) is 3.08. The van der Waals surface area contributed by atoms with Crippen molar-refractivity contribution in [1.82, 2.24) is 4.57 Å². The smallest absolute Gasteiger partial charge is 0.337 e. The van der Waals surface area contributed by atoms with Crippen LogP contribution in [0, 0.1) is 0 Å². The minimum Gasteiger partial charge on any atom is -0.478 e. The van der Waals surface area contributed by atoms with Gasteiger partial charge in [0.2, 0.25) is 0 Å². The first-order valence-electron chi connectivity index (χ1n) is 6.31. The number of benzene rings is 1. The molecule has 0 saturated heterocycles. The monoisotopic (exact) mass is 261 g/mol. The Morgan fingerprint density at radius 3 is 2.63 bits per heavy atom. The molecule has 2 aromatic rings. The molecule has 19 heavy (non-hydrogen) atoms. The SMILES string of the molecule is Cn1cc(C(=O)O)c2ccc(CCC(C)(C)O)cc21. The lowest BCUT2D eigenvalue weighted by Gasteiger charge is -2.16. The number of aryl methyl sites for hydroxylation is 2. The van der Waals surface area contributed by atoms with E-state index in [-0.39, 0.29) is 0 Å². The number of aromatic nitrogens is 1. The Labute approximate surface area is 112 Å². The van der Waals surface area contributed by atoms with Gasteiger partial charge in [-0.3, -0.25) is 0 Å². The molecule has 0 radical (unpaired) electrons. The van der Waals surface area contributed by atoms with Gasteiger partial charge in [0.15, 0.2) is 0 Å². The molecule has 4 nitrogen and oxygen atoms in total. The highest BCUT2D eigenvalue weighted by Gasteiger charge is 2.15. The topological polar surface area (TPSA) is 62.5 Å². The maximum absolute atomic E-state index is 11.1. The van der Waals surface area contributed by atoms with Crippen molar-refractivity contribution in [2.24, 2.45) is 7.05 Å². The lowest BCUT2D eigenvalue weighted by Crippen LogP contribution is -2.19. The Morgan fingerprint density at radius 2 is 2.05 bits per heavy atom. The summed E-state index contributed by atoms with van der Waals surface area (Å²) in [6.45, 7) is 3.58. The molecule has 1 aromatic carbocycles. The summed E-state index contributed by atoms with van der Waals surface area (Å²) in [5.74, 6) is -0.908. The third-order valence-electron chi connectivity index (χ3n) is 3.31. The summed E-state index contributed by atoms with van der Waals surface area (Å²) in [5, 5.41) is 19.6. The molecule has 1 aromatic heterocycles. The van der Waals surface area contributed by atoms with Gasteiger partial charge in [0.1, 0.15) is 0 Å². The molecular weight excluding hydrogens is 242 g/mol. The predicted octanol–water partition coefficient (Wildman–Crippen LogP) is 2.58. The van der Waals surface area contributed by atoms with Gasteiger partial charge >= 0.3 is 5.97 Å². The molecule has 0 saturated carbocycles. The van der Waals surface area contributed by atoms with Crippen LogP contribution in [0.5, 0.6) is 0 Å². The van der Waals surface area contributed by atoms with E-state index in [2.05, 4.69) is 0 Å². The van der Waals surface area contributed by atoms with E-state index in [1.807, 2.05) is 29.8 Å². The van der Waals surface area contributed by atoms with Gasteiger partial charge in [0.25, 0.3) is 0 Å². The summed E-state index contributed by atoms with van der Waals surface area (Å²) in [4.78, 5) is 11.1. The normalized spacial score (nSPS) is 12.0. The molecule has 0 atom stereocenters. The van der Waals surface area contributed by atoms with Crippen molar-refractivity contribution in [2.45, 2.75) is 32.3 Å². The molecule has 0 aliphatic carbocycles. The van der Waals surface area contributed by atoms with Crippen LogP contribution in [0.15, 0.2) is 24.4 Å². The zero-order valence-corrected chi connectivity index (χ0v) is 11.5. The third-order valence-corrected chi connectivity index (χ3v) is 3.31. The number of carboxylic acid groups (broad SMARTS) is 1. The van der Waals surface area contributed by atoms with E-state index >= 15 is 0 Å². The van der Waals surface area contributed by atoms with Crippen LogP contribution in [-0.2, 0) is 13.5 Å². The standard InChI is InChI=1S/C15H19NO3/c1-15(2,19)7-6-10-4-5-11-12(14(17)18)9-16(3)13(11)8-10/h4-5,8-9,19H,6-7H2,1-3H3,(H,17,18). The van der Waals surface area contributed by atoms with E-state index in [1.165, 1.54) is 0 Å². The van der Waals surface area contributed by atoms with Gasteiger partial charge in [-0.05, 0) is 38.3 Å². The van der Waals surface area contributed by atoms with Gasteiger partial charge < -0.3 is 14.8 Å². The molecule has 0 bridgehead atoms. The van der Waals surface area contributed by atoms with Crippen molar-refractivity contribution in [3.05, 3.63) is 35.5 Å². The van der Waals surface area contributed by atoms with Crippen molar-refractivity contribution in [3.63, 3.8) is 0 Å². The fraction of sp³-hybridized carbons (Fsp3) is 0.400. The van der Waals surface area contributed by atoms with E-state index in [0.717, 1.165) is 22.9 Å². The van der Waals surface area contributed by atoms with Gasteiger partial charge in [-0.15, -0.1) is 0 Å². The van der Waals surface area contributed by atoms with Crippen molar-refractivity contribution >= 4 is 16.9 Å². The Bertz CT molecular complexity index is 620. The van der Waals surface area contributed by atoms with Crippen molar-refractivity contribution in [2.75, 3.05) is 0 Å². The Balaban J connectivity index is 2.36. The molecule has 0 spiro atoms. The van der Waals surface area contributed by atoms with E-state index < -0.39 is 11.6 Å². The van der Waals surface area contributed by atoms with Crippen LogP contribution in [0.1, 0.15) is 36.2 Å². The number of carbonyl (C=O) groups is 1. The summed E-state index contributed by atoms with van der Waals surface area (Å²) >= 11 is 0. The second-order valence-corrected chi connectivity index (χ2v) is 5.62. The van der Waals surface area contributed by atoms with E-state index in [1.54, 1.807) is 20.0 Å². The summed E-state index contributed by atoms with van der Waals surface area (Å²) in [7, 11) is 1.84. The van der Waals surface area contributed by atoms with Crippen LogP contribution in [0.2, 0.25) is 0 Å². The Kier molecular flexibility index (Phi) is 3.37. The minimum atomic E-state index is -0.908. The summed E-state index contributed by atoms with van der Waals surface area (Å²) < 4.78 is 1.83. The summed E-state index contributed by atoms with van der Waals surface area (Å²) in [5.41, 5.74) is 1.65. The zero-order valence-electron chi connectivity index (χ0n) is 11.5. The van der Waals surface area contributed by atoms with E-state index in [9.17, 15) is 9.90 Å². The summed E-state index contributed by atoms with van der Waals surface area (Å²) in [6, 6.07) is 5.77. The van der Waals surface area contributed by atoms with Crippen LogP contribution < -0.4 is 0 Å². The van der Waals surface area contributed by atoms with Crippen LogP contribution in [0.4, 0.5) is 0 Å². The number of nitrogens with zero attached hydrogens (tertiary/aromatic N) is 1. The van der Waals surface area contributed by atoms with Crippen molar-refractivity contribution < 1.29 is 15.0 Å². The molecule has 1 heterocycles. The van der Waals surface area contributed by atoms with Crippen molar-refractivity contribution in [3.8, 4) is 0 Å². The van der Waals surface area contributed by atoms with Gasteiger partial charge in [0.05, 0.1) is 11.2 Å². The third kappa shape index (κ3) is 2.96. The maximum atomic E-state index is 11.1.